The van der Waals surface area contributed by atoms with Gasteiger partial charge in [-0.25, -0.2) is 4.79 Å². The number of benzene rings is 1. The average molecular weight is 202 g/mol. The first-order valence-electron chi connectivity index (χ1n) is 4.68. The fourth-order valence-electron chi connectivity index (χ4n) is 1.70. The highest BCUT2D eigenvalue weighted by atomic mass is 16.2. The molecule has 1 amide bonds. The van der Waals surface area contributed by atoms with Crippen LogP contribution < -0.4 is 0 Å². The van der Waals surface area contributed by atoms with Gasteiger partial charge < -0.3 is 4.90 Å². The third-order valence-corrected chi connectivity index (χ3v) is 2.56. The predicted molar refractivity (Wildman–Crippen MR) is 54.9 cm³/mol. The molecular weight excluding hydrogens is 192 g/mol. The topological polar surface area (TPSA) is 49.7 Å². The van der Waals surface area contributed by atoms with Gasteiger partial charge in [-0.1, -0.05) is 6.07 Å². The van der Waals surface area contributed by atoms with Crippen LogP contribution in [0.3, 0.4) is 0 Å². The van der Waals surface area contributed by atoms with Crippen LogP contribution in [0.2, 0.25) is 0 Å². The number of hydrogen-bond acceptors (Lipinski definition) is 3. The van der Waals surface area contributed by atoms with Gasteiger partial charge in [0.25, 0.3) is 5.91 Å². The first kappa shape index (κ1) is 9.62. The van der Waals surface area contributed by atoms with Crippen molar-refractivity contribution in [3.63, 3.8) is 0 Å². The van der Waals surface area contributed by atoms with E-state index >= 15 is 0 Å². The van der Waals surface area contributed by atoms with Gasteiger partial charge >= 0.3 is 0 Å². The summed E-state index contributed by atoms with van der Waals surface area (Å²) in [6.07, 6.45) is 2.32. The normalized spacial score (nSPS) is 14.5. The van der Waals surface area contributed by atoms with Crippen LogP contribution in [-0.4, -0.2) is 30.5 Å². The molecular formula is C11H10N2O2. The van der Waals surface area contributed by atoms with E-state index in [0.29, 0.717) is 11.3 Å². The standard InChI is InChI=1S/C11H10N2O2/c1-13-5-4-8-2-3-9(12-7-14)6-10(8)11(13)15/h2-3,6H,4-5H2,1H3. The summed E-state index contributed by atoms with van der Waals surface area (Å²) in [5.41, 5.74) is 2.13. The van der Waals surface area contributed by atoms with Gasteiger partial charge in [0.05, 0.1) is 5.69 Å². The lowest BCUT2D eigenvalue weighted by Gasteiger charge is -2.24. The van der Waals surface area contributed by atoms with E-state index in [1.807, 2.05) is 6.07 Å². The second-order valence-electron chi connectivity index (χ2n) is 3.52. The lowest BCUT2D eigenvalue weighted by Crippen LogP contribution is -2.33. The first-order valence-corrected chi connectivity index (χ1v) is 4.68. The van der Waals surface area contributed by atoms with Crippen molar-refractivity contribution in [3.05, 3.63) is 29.3 Å². The second kappa shape index (κ2) is 3.67. The molecule has 15 heavy (non-hydrogen) atoms. The quantitative estimate of drug-likeness (QED) is 0.508. The smallest absolute Gasteiger partial charge is 0.253 e. The van der Waals surface area contributed by atoms with Crippen LogP contribution in [-0.2, 0) is 11.2 Å². The molecule has 0 atom stereocenters. The van der Waals surface area contributed by atoms with Gasteiger partial charge in [-0.05, 0) is 24.1 Å². The molecule has 0 aromatic heterocycles. The van der Waals surface area contributed by atoms with Crippen molar-refractivity contribution >= 4 is 17.7 Å². The number of aliphatic imine (C=N–C) groups is 1. The highest BCUT2D eigenvalue weighted by Gasteiger charge is 2.21. The van der Waals surface area contributed by atoms with E-state index in [1.165, 1.54) is 6.08 Å². The molecule has 0 bridgehead atoms. The number of hydrogen-bond donors (Lipinski definition) is 0. The Hall–Kier alpha value is -1.93. The van der Waals surface area contributed by atoms with Crippen LogP contribution in [0.4, 0.5) is 5.69 Å². The Labute approximate surface area is 87.2 Å². The Morgan fingerprint density at radius 1 is 1.47 bits per heavy atom. The van der Waals surface area contributed by atoms with Crippen LogP contribution in [0.5, 0.6) is 0 Å². The Kier molecular flexibility index (Phi) is 2.35. The molecule has 76 valence electrons. The van der Waals surface area contributed by atoms with E-state index in [4.69, 9.17) is 0 Å². The van der Waals surface area contributed by atoms with Gasteiger partial charge in [-0.2, -0.15) is 4.99 Å². The molecule has 0 unspecified atom stereocenters. The summed E-state index contributed by atoms with van der Waals surface area (Å²) >= 11 is 0. The molecule has 4 heteroatoms. The Bertz CT molecular complexity index is 462. The first-order chi connectivity index (χ1) is 7.22. The number of carbonyl (C=O) groups is 1. The zero-order valence-electron chi connectivity index (χ0n) is 8.36. The molecule has 1 aliphatic rings. The number of likely N-dealkylation sites (N-methyl/N-ethyl adjacent to an activating group) is 1. The number of amides is 1. The van der Waals surface area contributed by atoms with E-state index in [1.54, 1.807) is 24.1 Å². The minimum absolute atomic E-state index is 0.0146. The van der Waals surface area contributed by atoms with Crippen LogP contribution in [0.1, 0.15) is 15.9 Å². The van der Waals surface area contributed by atoms with Crippen LogP contribution in [0.25, 0.3) is 0 Å². The maximum absolute atomic E-state index is 11.8. The van der Waals surface area contributed by atoms with Crippen molar-refractivity contribution in [1.29, 1.82) is 0 Å². The third-order valence-electron chi connectivity index (χ3n) is 2.56. The van der Waals surface area contributed by atoms with Crippen molar-refractivity contribution in [2.75, 3.05) is 13.6 Å². The fourth-order valence-corrected chi connectivity index (χ4v) is 1.70. The summed E-state index contributed by atoms with van der Waals surface area (Å²) < 4.78 is 0. The summed E-state index contributed by atoms with van der Waals surface area (Å²) in [6, 6.07) is 5.21. The molecule has 4 nitrogen and oxygen atoms in total. The van der Waals surface area contributed by atoms with E-state index in [9.17, 15) is 9.59 Å². The molecule has 1 heterocycles. The number of rotatable bonds is 1. The van der Waals surface area contributed by atoms with Crippen molar-refractivity contribution in [2.24, 2.45) is 4.99 Å². The lowest BCUT2D eigenvalue weighted by molar-refractivity contribution is 0.0781. The molecule has 0 aliphatic carbocycles. The van der Waals surface area contributed by atoms with Crippen molar-refractivity contribution < 1.29 is 9.59 Å². The summed E-state index contributed by atoms with van der Waals surface area (Å²) in [5.74, 6) is -0.0146. The highest BCUT2D eigenvalue weighted by Crippen LogP contribution is 2.23. The van der Waals surface area contributed by atoms with Crippen LogP contribution in [0.15, 0.2) is 23.2 Å². The Morgan fingerprint density at radius 2 is 2.27 bits per heavy atom. The molecule has 0 spiro atoms. The van der Waals surface area contributed by atoms with Crippen LogP contribution >= 0.6 is 0 Å². The van der Waals surface area contributed by atoms with Crippen molar-refractivity contribution in [3.8, 4) is 0 Å². The zero-order chi connectivity index (χ0) is 10.8. The number of carbonyl (C=O) groups excluding carboxylic acids is 2. The second-order valence-corrected chi connectivity index (χ2v) is 3.52. The fraction of sp³-hybridized carbons (Fsp3) is 0.273. The summed E-state index contributed by atoms with van der Waals surface area (Å²) in [6.45, 7) is 0.738. The molecule has 1 aromatic rings. The third kappa shape index (κ3) is 1.67. The number of nitrogens with zero attached hydrogens (tertiary/aromatic N) is 2. The number of fused-ring (bicyclic) bond motifs is 1. The van der Waals surface area contributed by atoms with Crippen LogP contribution in [0, 0.1) is 0 Å². The van der Waals surface area contributed by atoms with E-state index in [-0.39, 0.29) is 5.91 Å². The monoisotopic (exact) mass is 202 g/mol. The van der Waals surface area contributed by atoms with Crippen molar-refractivity contribution in [1.82, 2.24) is 4.90 Å². The van der Waals surface area contributed by atoms with E-state index < -0.39 is 0 Å². The molecule has 0 radical (unpaired) electrons. The molecule has 0 saturated heterocycles. The lowest BCUT2D eigenvalue weighted by atomic mass is 9.99. The number of isocyanates is 1. The Morgan fingerprint density at radius 3 is 3.00 bits per heavy atom. The minimum atomic E-state index is -0.0146. The maximum atomic E-state index is 11.8. The molecule has 0 fully saturated rings. The zero-order valence-corrected chi connectivity index (χ0v) is 8.36. The van der Waals surface area contributed by atoms with E-state index in [0.717, 1.165) is 18.5 Å². The summed E-state index contributed by atoms with van der Waals surface area (Å²) in [5, 5.41) is 0. The molecule has 1 aliphatic heterocycles. The minimum Gasteiger partial charge on any atom is -0.341 e. The van der Waals surface area contributed by atoms with Gasteiger partial charge in [-0.15, -0.1) is 0 Å². The molecule has 0 saturated carbocycles. The van der Waals surface area contributed by atoms with Gasteiger partial charge in [0.15, 0.2) is 0 Å². The van der Waals surface area contributed by atoms with Gasteiger partial charge in [0.2, 0.25) is 6.08 Å². The highest BCUT2D eigenvalue weighted by molar-refractivity contribution is 5.97. The SMILES string of the molecule is CN1CCc2ccc(N=C=O)cc2C1=O. The summed E-state index contributed by atoms with van der Waals surface area (Å²) in [4.78, 5) is 27.0. The summed E-state index contributed by atoms with van der Waals surface area (Å²) in [7, 11) is 1.76. The molecule has 2 rings (SSSR count). The maximum Gasteiger partial charge on any atom is 0.253 e. The van der Waals surface area contributed by atoms with Gasteiger partial charge in [0, 0.05) is 19.2 Å². The van der Waals surface area contributed by atoms with Gasteiger partial charge in [0.1, 0.15) is 0 Å². The largest absolute Gasteiger partial charge is 0.341 e. The average Bonchev–Trinajstić information content (AvgIpc) is 2.25. The van der Waals surface area contributed by atoms with E-state index in [2.05, 4.69) is 4.99 Å². The molecule has 0 N–H and O–H groups in total. The Balaban J connectivity index is 2.50. The van der Waals surface area contributed by atoms with Gasteiger partial charge in [-0.3, -0.25) is 4.79 Å². The molecule has 1 aromatic carbocycles. The predicted octanol–water partition coefficient (Wildman–Crippen LogP) is 1.28. The van der Waals surface area contributed by atoms with Crippen molar-refractivity contribution in [2.45, 2.75) is 6.42 Å².